The van der Waals surface area contributed by atoms with Crippen molar-refractivity contribution in [2.24, 2.45) is 5.41 Å². The summed E-state index contributed by atoms with van der Waals surface area (Å²) < 4.78 is 12.1. The molecule has 2 heterocycles. The lowest BCUT2D eigenvalue weighted by atomic mass is 9.57. The van der Waals surface area contributed by atoms with Gasteiger partial charge in [-0.3, -0.25) is 4.79 Å². The SMILES string of the molecule is CCO[C@H]1C[C@@H](NC(=O)Cc2ccc(Cl)s2)C12CCOCC2. The van der Waals surface area contributed by atoms with Gasteiger partial charge >= 0.3 is 0 Å². The van der Waals surface area contributed by atoms with Crippen LogP contribution in [0.3, 0.4) is 0 Å². The zero-order valence-electron chi connectivity index (χ0n) is 12.8. The molecule has 0 radical (unpaired) electrons. The highest BCUT2D eigenvalue weighted by Crippen LogP contribution is 2.50. The normalized spacial score (nSPS) is 26.6. The highest BCUT2D eigenvalue weighted by atomic mass is 35.5. The first-order chi connectivity index (χ1) is 10.6. The van der Waals surface area contributed by atoms with Gasteiger partial charge in [-0.1, -0.05) is 11.6 Å². The van der Waals surface area contributed by atoms with Crippen LogP contribution < -0.4 is 5.32 Å². The molecule has 0 unspecified atom stereocenters. The second kappa shape index (κ2) is 6.87. The van der Waals surface area contributed by atoms with E-state index in [0.717, 1.165) is 48.3 Å². The topological polar surface area (TPSA) is 47.6 Å². The van der Waals surface area contributed by atoms with E-state index >= 15 is 0 Å². The van der Waals surface area contributed by atoms with Gasteiger partial charge in [0.2, 0.25) is 5.91 Å². The van der Waals surface area contributed by atoms with E-state index in [1.807, 2.05) is 19.1 Å². The lowest BCUT2D eigenvalue weighted by Crippen LogP contribution is -2.66. The molecule has 1 saturated carbocycles. The first kappa shape index (κ1) is 16.2. The third-order valence-corrected chi connectivity index (χ3v) is 6.11. The maximum Gasteiger partial charge on any atom is 0.225 e. The number of amides is 1. The number of nitrogens with one attached hydrogen (secondary N) is 1. The van der Waals surface area contributed by atoms with Gasteiger partial charge in [0.05, 0.1) is 16.9 Å². The standard InChI is InChI=1S/C16H22ClNO3S/c1-2-21-13-10-12(16(13)5-7-20-8-6-16)18-15(19)9-11-3-4-14(17)22-11/h3-4,12-13H,2,5-10H2,1H3,(H,18,19)/t12-,13+/m1/s1. The lowest BCUT2D eigenvalue weighted by molar-refractivity contribution is -0.175. The molecule has 1 amide bonds. The summed E-state index contributed by atoms with van der Waals surface area (Å²) in [5, 5.41) is 3.21. The van der Waals surface area contributed by atoms with Crippen molar-refractivity contribution in [2.45, 2.75) is 44.8 Å². The van der Waals surface area contributed by atoms with E-state index in [2.05, 4.69) is 5.32 Å². The van der Waals surface area contributed by atoms with Crippen molar-refractivity contribution in [2.75, 3.05) is 19.8 Å². The third-order valence-electron chi connectivity index (χ3n) is 4.88. The summed E-state index contributed by atoms with van der Waals surface area (Å²) in [7, 11) is 0. The second-order valence-corrected chi connectivity index (χ2v) is 7.83. The Kier molecular flexibility index (Phi) is 5.07. The molecule has 1 saturated heterocycles. The summed E-state index contributed by atoms with van der Waals surface area (Å²) in [4.78, 5) is 13.3. The minimum absolute atomic E-state index is 0.0665. The van der Waals surface area contributed by atoms with Crippen LogP contribution in [0.2, 0.25) is 4.34 Å². The molecule has 1 spiro atoms. The van der Waals surface area contributed by atoms with Crippen LogP contribution in [0.15, 0.2) is 12.1 Å². The number of carbonyl (C=O) groups is 1. The van der Waals surface area contributed by atoms with Crippen LogP contribution in [-0.4, -0.2) is 37.9 Å². The van der Waals surface area contributed by atoms with Gasteiger partial charge < -0.3 is 14.8 Å². The van der Waals surface area contributed by atoms with E-state index in [0.29, 0.717) is 6.42 Å². The number of hydrogen-bond donors (Lipinski definition) is 1. The van der Waals surface area contributed by atoms with Gasteiger partial charge in [-0.25, -0.2) is 0 Å². The predicted octanol–water partition coefficient (Wildman–Crippen LogP) is 3.03. The van der Waals surface area contributed by atoms with Crippen molar-refractivity contribution in [3.05, 3.63) is 21.3 Å². The van der Waals surface area contributed by atoms with Gasteiger partial charge in [-0.2, -0.15) is 0 Å². The Hall–Kier alpha value is -0.620. The second-order valence-electron chi connectivity index (χ2n) is 6.03. The van der Waals surface area contributed by atoms with Crippen molar-refractivity contribution in [3.8, 4) is 0 Å². The Bertz CT molecular complexity index is 527. The fourth-order valence-electron chi connectivity index (χ4n) is 3.66. The van der Waals surface area contributed by atoms with E-state index in [1.54, 1.807) is 0 Å². The molecular formula is C16H22ClNO3S. The number of ether oxygens (including phenoxy) is 2. The molecule has 4 nitrogen and oxygen atoms in total. The number of carbonyl (C=O) groups excluding carboxylic acids is 1. The Labute approximate surface area is 140 Å². The largest absolute Gasteiger partial charge is 0.381 e. The van der Waals surface area contributed by atoms with Crippen LogP contribution in [0.5, 0.6) is 0 Å². The van der Waals surface area contributed by atoms with E-state index in [1.165, 1.54) is 11.3 Å². The van der Waals surface area contributed by atoms with Gasteiger partial charge in [-0.05, 0) is 38.3 Å². The summed E-state index contributed by atoms with van der Waals surface area (Å²) in [5.74, 6) is 0.0735. The molecular weight excluding hydrogens is 322 g/mol. The van der Waals surface area contributed by atoms with Crippen molar-refractivity contribution < 1.29 is 14.3 Å². The molecule has 22 heavy (non-hydrogen) atoms. The van der Waals surface area contributed by atoms with Crippen LogP contribution in [0, 0.1) is 5.41 Å². The van der Waals surface area contributed by atoms with Crippen molar-refractivity contribution in [1.29, 1.82) is 0 Å². The van der Waals surface area contributed by atoms with Gasteiger partial charge in [0.25, 0.3) is 0 Å². The molecule has 0 aromatic carbocycles. The average Bonchev–Trinajstić information content (AvgIpc) is 2.92. The molecule has 2 aliphatic rings. The summed E-state index contributed by atoms with van der Waals surface area (Å²) in [6, 6.07) is 3.96. The number of halogens is 1. The van der Waals surface area contributed by atoms with Gasteiger partial charge in [0.15, 0.2) is 0 Å². The molecule has 0 bridgehead atoms. The fourth-order valence-corrected chi connectivity index (χ4v) is 4.74. The minimum Gasteiger partial charge on any atom is -0.381 e. The number of rotatable bonds is 5. The van der Waals surface area contributed by atoms with Crippen LogP contribution in [-0.2, 0) is 20.7 Å². The highest BCUT2D eigenvalue weighted by molar-refractivity contribution is 7.16. The first-order valence-corrected chi connectivity index (χ1v) is 9.06. The molecule has 1 aliphatic heterocycles. The fraction of sp³-hybridized carbons (Fsp3) is 0.688. The molecule has 1 N–H and O–H groups in total. The maximum absolute atomic E-state index is 12.3. The molecule has 3 rings (SSSR count). The summed E-state index contributed by atoms with van der Waals surface area (Å²) >= 11 is 7.38. The molecule has 1 aromatic heterocycles. The van der Waals surface area contributed by atoms with E-state index < -0.39 is 0 Å². The smallest absolute Gasteiger partial charge is 0.225 e. The molecule has 6 heteroatoms. The number of hydrogen-bond acceptors (Lipinski definition) is 4. The first-order valence-electron chi connectivity index (χ1n) is 7.87. The maximum atomic E-state index is 12.3. The third kappa shape index (κ3) is 3.18. The summed E-state index contributed by atoms with van der Waals surface area (Å²) in [6.45, 7) is 4.27. The Balaban J connectivity index is 1.60. The molecule has 1 aromatic rings. The zero-order valence-corrected chi connectivity index (χ0v) is 14.3. The highest BCUT2D eigenvalue weighted by Gasteiger charge is 2.56. The van der Waals surface area contributed by atoms with Gasteiger partial charge in [0.1, 0.15) is 0 Å². The molecule has 2 atom stereocenters. The summed E-state index contributed by atoms with van der Waals surface area (Å²) in [6.07, 6.45) is 3.49. The molecule has 122 valence electrons. The Morgan fingerprint density at radius 2 is 2.27 bits per heavy atom. The van der Waals surface area contributed by atoms with Crippen molar-refractivity contribution in [3.63, 3.8) is 0 Å². The van der Waals surface area contributed by atoms with Crippen molar-refractivity contribution in [1.82, 2.24) is 5.32 Å². The predicted molar refractivity (Wildman–Crippen MR) is 87.5 cm³/mol. The van der Waals surface area contributed by atoms with Crippen LogP contribution in [0.1, 0.15) is 31.1 Å². The van der Waals surface area contributed by atoms with E-state index in [4.69, 9.17) is 21.1 Å². The average molecular weight is 344 g/mol. The quantitative estimate of drug-likeness (QED) is 0.894. The van der Waals surface area contributed by atoms with Gasteiger partial charge in [-0.15, -0.1) is 11.3 Å². The van der Waals surface area contributed by atoms with E-state index in [-0.39, 0.29) is 23.5 Å². The van der Waals surface area contributed by atoms with Crippen LogP contribution in [0.25, 0.3) is 0 Å². The summed E-state index contributed by atoms with van der Waals surface area (Å²) in [5.41, 5.74) is 0.0665. The van der Waals surface area contributed by atoms with Crippen LogP contribution >= 0.6 is 22.9 Å². The monoisotopic (exact) mass is 343 g/mol. The zero-order chi connectivity index (χ0) is 15.6. The molecule has 1 aliphatic carbocycles. The minimum atomic E-state index is 0.0665. The Morgan fingerprint density at radius 1 is 1.50 bits per heavy atom. The van der Waals surface area contributed by atoms with Gasteiger partial charge in [0, 0.05) is 36.2 Å². The van der Waals surface area contributed by atoms with Crippen molar-refractivity contribution >= 4 is 28.8 Å². The molecule has 2 fully saturated rings. The Morgan fingerprint density at radius 3 is 2.91 bits per heavy atom. The van der Waals surface area contributed by atoms with Crippen LogP contribution in [0.4, 0.5) is 0 Å². The lowest BCUT2D eigenvalue weighted by Gasteiger charge is -2.57. The number of thiophene rings is 1. The van der Waals surface area contributed by atoms with E-state index in [9.17, 15) is 4.79 Å².